The van der Waals surface area contributed by atoms with Gasteiger partial charge in [-0.15, -0.1) is 0 Å². The molecule has 45 heavy (non-hydrogen) atoms. The number of carbonyl (C=O) groups excluding carboxylic acids is 2. The first-order valence-electron chi connectivity index (χ1n) is 13.2. The molecule has 1 aliphatic heterocycles. The van der Waals surface area contributed by atoms with Crippen LogP contribution in [-0.4, -0.2) is 59.7 Å². The van der Waals surface area contributed by atoms with E-state index in [0.717, 1.165) is 28.9 Å². The third-order valence-electron chi connectivity index (χ3n) is 6.03. The Balaban J connectivity index is 0.000000700. The number of rotatable bonds is 6. The van der Waals surface area contributed by atoms with Gasteiger partial charge in [0.2, 0.25) is 12.2 Å². The summed E-state index contributed by atoms with van der Waals surface area (Å²) in [6, 6.07) is 14.4. The first-order chi connectivity index (χ1) is 21.3. The van der Waals surface area contributed by atoms with Crippen LogP contribution in [0.2, 0.25) is 5.02 Å². The van der Waals surface area contributed by atoms with E-state index in [0.29, 0.717) is 28.9 Å². The van der Waals surface area contributed by atoms with E-state index in [1.54, 1.807) is 19.3 Å². The molecule has 13 nitrogen and oxygen atoms in total. The molecule has 0 atom stereocenters. The highest BCUT2D eigenvalue weighted by Gasteiger charge is 2.25. The van der Waals surface area contributed by atoms with Crippen LogP contribution < -0.4 is 26.0 Å². The molecule has 0 unspecified atom stereocenters. The van der Waals surface area contributed by atoms with Crippen LogP contribution in [0.3, 0.4) is 0 Å². The van der Waals surface area contributed by atoms with E-state index < -0.39 is 28.5 Å². The zero-order chi connectivity index (χ0) is 32.6. The molecule has 2 aromatic carbocycles. The van der Waals surface area contributed by atoms with Crippen molar-refractivity contribution in [3.05, 3.63) is 77.1 Å². The van der Waals surface area contributed by atoms with Crippen LogP contribution in [0.15, 0.2) is 66.0 Å². The number of amides is 2. The fourth-order valence-corrected chi connectivity index (χ4v) is 5.14. The number of hydrogen-bond acceptors (Lipinski definition) is 9. The molecular formula is C27H27ClF3N9O4S. The van der Waals surface area contributed by atoms with Crippen molar-refractivity contribution < 1.29 is 31.2 Å². The molecule has 0 fully saturated rings. The largest absolute Gasteiger partial charge is 0.446 e. The topological polar surface area (TPSA) is 172 Å². The maximum atomic E-state index is 12.6. The molecule has 0 saturated carbocycles. The van der Waals surface area contributed by atoms with E-state index >= 15 is 0 Å². The highest BCUT2D eigenvalue weighted by molar-refractivity contribution is 7.89. The number of anilines is 5. The maximum absolute atomic E-state index is 12.6. The number of nitrogens with zero attached hydrogens (tertiary/aromatic N) is 4. The Morgan fingerprint density at radius 1 is 1.09 bits per heavy atom. The average Bonchev–Trinajstić information content (AvgIpc) is 3.44. The Bertz CT molecular complexity index is 1790. The quantitative estimate of drug-likeness (QED) is 0.149. The van der Waals surface area contributed by atoms with Gasteiger partial charge in [-0.3, -0.25) is 9.48 Å². The highest BCUT2D eigenvalue weighted by atomic mass is 35.5. The third-order valence-corrected chi connectivity index (χ3v) is 7.66. The van der Waals surface area contributed by atoms with Gasteiger partial charge in [0, 0.05) is 43.4 Å². The van der Waals surface area contributed by atoms with Crippen molar-refractivity contribution in [3.8, 4) is 0 Å². The van der Waals surface area contributed by atoms with Gasteiger partial charge in [-0.2, -0.15) is 23.3 Å². The summed E-state index contributed by atoms with van der Waals surface area (Å²) in [5.74, 6) is 0.859. The minimum absolute atomic E-state index is 0.00803. The van der Waals surface area contributed by atoms with Crippen molar-refractivity contribution in [2.75, 3.05) is 29.0 Å². The lowest BCUT2D eigenvalue weighted by atomic mass is 10.0. The summed E-state index contributed by atoms with van der Waals surface area (Å²) < 4.78 is 59.6. The zero-order valence-corrected chi connectivity index (χ0v) is 25.1. The SMILES string of the molecule is Cn1ccc(S(=O)(=O)NCCNC(=O)Nc2ccc3cc2CCc2cccc(c2)Nc2ncc(Cl)c(n2)N3)n1.O=CC(F)(F)F. The molecule has 0 aliphatic carbocycles. The fourth-order valence-electron chi connectivity index (χ4n) is 4.00. The van der Waals surface area contributed by atoms with Crippen LogP contribution >= 0.6 is 11.6 Å². The van der Waals surface area contributed by atoms with Crippen molar-refractivity contribution in [1.82, 2.24) is 29.8 Å². The number of urea groups is 1. The fraction of sp³-hybridized carbons (Fsp3) is 0.222. The van der Waals surface area contributed by atoms with E-state index in [9.17, 15) is 26.4 Å². The molecule has 2 aromatic heterocycles. The lowest BCUT2D eigenvalue weighted by Crippen LogP contribution is -2.37. The van der Waals surface area contributed by atoms with Gasteiger partial charge in [0.1, 0.15) is 5.02 Å². The monoisotopic (exact) mass is 665 g/mol. The smallest absolute Gasteiger partial charge is 0.339 e. The average molecular weight is 666 g/mol. The molecular weight excluding hydrogens is 639 g/mol. The van der Waals surface area contributed by atoms with Crippen LogP contribution in [0, 0.1) is 0 Å². The number of halogens is 4. The Morgan fingerprint density at radius 3 is 2.56 bits per heavy atom. The van der Waals surface area contributed by atoms with Gasteiger partial charge in [0.15, 0.2) is 10.8 Å². The summed E-state index contributed by atoms with van der Waals surface area (Å²) in [4.78, 5) is 30.1. The van der Waals surface area contributed by atoms with Gasteiger partial charge in [-0.1, -0.05) is 23.7 Å². The zero-order valence-electron chi connectivity index (χ0n) is 23.5. The standard InChI is InChI=1S/C25H26ClN9O3S.C2HF3O/c1-35-12-9-22(34-35)39(37,38)29-11-10-27-25(36)32-21-8-7-19-14-17(21)6-5-16-3-2-4-18(13-16)31-24-28-15-20(26)23(30-19)33-24;3-2(4,5)1-6/h2-4,7-9,12-15,29H,5-6,10-11H2,1H3,(H2,27,32,36)(H2,28,30,31,33);1H. The Labute approximate surface area is 260 Å². The molecule has 5 rings (SSSR count). The number of nitrogens with one attached hydrogen (secondary N) is 5. The Kier molecular flexibility index (Phi) is 10.6. The van der Waals surface area contributed by atoms with E-state index in [4.69, 9.17) is 16.4 Å². The highest BCUT2D eigenvalue weighted by Crippen LogP contribution is 2.29. The Hall–Kier alpha value is -4.74. The molecule has 18 heteroatoms. The Morgan fingerprint density at radius 2 is 1.84 bits per heavy atom. The van der Waals surface area contributed by atoms with Crippen LogP contribution in [-0.2, 0) is 34.7 Å². The second kappa shape index (κ2) is 14.4. The molecule has 2 amide bonds. The van der Waals surface area contributed by atoms with Gasteiger partial charge in [-0.25, -0.2) is 22.9 Å². The molecule has 3 heterocycles. The third kappa shape index (κ3) is 9.88. The number of sulfonamides is 1. The molecule has 5 N–H and O–H groups in total. The van der Waals surface area contributed by atoms with Gasteiger partial charge >= 0.3 is 12.2 Å². The first-order valence-corrected chi connectivity index (χ1v) is 15.0. The molecule has 4 aromatic rings. The first kappa shape index (κ1) is 33.2. The van der Waals surface area contributed by atoms with Crippen LogP contribution in [0.25, 0.3) is 0 Å². The van der Waals surface area contributed by atoms with Crippen LogP contribution in [0.5, 0.6) is 0 Å². The number of aryl methyl sites for hydroxylation is 3. The molecule has 0 saturated heterocycles. The van der Waals surface area contributed by atoms with E-state index in [1.807, 2.05) is 36.4 Å². The summed E-state index contributed by atoms with van der Waals surface area (Å²) in [5, 5.41) is 16.2. The number of benzene rings is 2. The maximum Gasteiger partial charge on any atom is 0.446 e. The molecule has 0 radical (unpaired) electrons. The minimum Gasteiger partial charge on any atom is -0.339 e. The summed E-state index contributed by atoms with van der Waals surface area (Å²) in [5.41, 5.74) is 4.22. The summed E-state index contributed by atoms with van der Waals surface area (Å²) in [7, 11) is -2.12. The van der Waals surface area contributed by atoms with Crippen molar-refractivity contribution in [3.63, 3.8) is 0 Å². The van der Waals surface area contributed by atoms with Crippen molar-refractivity contribution in [2.24, 2.45) is 7.05 Å². The number of aldehydes is 1. The van der Waals surface area contributed by atoms with Crippen molar-refractivity contribution in [1.29, 1.82) is 0 Å². The van der Waals surface area contributed by atoms with E-state index in [-0.39, 0.29) is 18.1 Å². The normalized spacial score (nSPS) is 12.5. The predicted octanol–water partition coefficient (Wildman–Crippen LogP) is 4.30. The van der Waals surface area contributed by atoms with E-state index in [1.165, 1.54) is 16.9 Å². The minimum atomic E-state index is -4.64. The second-order valence-electron chi connectivity index (χ2n) is 9.48. The lowest BCUT2D eigenvalue weighted by molar-refractivity contribution is -0.156. The number of hydrogen-bond donors (Lipinski definition) is 5. The molecule has 0 spiro atoms. The lowest BCUT2D eigenvalue weighted by Gasteiger charge is -2.15. The van der Waals surface area contributed by atoms with Gasteiger partial charge in [-0.05, 0) is 60.4 Å². The predicted molar refractivity (Wildman–Crippen MR) is 161 cm³/mol. The number of alkyl halides is 3. The van der Waals surface area contributed by atoms with Crippen LogP contribution in [0.4, 0.5) is 46.8 Å². The molecule has 238 valence electrons. The summed E-state index contributed by atoms with van der Waals surface area (Å²) in [6.45, 7) is 0.0926. The van der Waals surface area contributed by atoms with Crippen molar-refractivity contribution >= 4 is 62.8 Å². The van der Waals surface area contributed by atoms with Crippen LogP contribution in [0.1, 0.15) is 11.1 Å². The molecule has 6 bridgehead atoms. The van der Waals surface area contributed by atoms with Gasteiger partial charge < -0.3 is 21.3 Å². The molecule has 1 aliphatic rings. The van der Waals surface area contributed by atoms with E-state index in [2.05, 4.69) is 41.1 Å². The number of fused-ring (bicyclic) bond motifs is 6. The summed E-state index contributed by atoms with van der Waals surface area (Å²) >= 11 is 6.33. The second-order valence-corrected chi connectivity index (χ2v) is 11.6. The number of carbonyl (C=O) groups is 2. The van der Waals surface area contributed by atoms with Gasteiger partial charge in [0.05, 0.1) is 6.20 Å². The van der Waals surface area contributed by atoms with Crippen molar-refractivity contribution in [2.45, 2.75) is 24.0 Å². The van der Waals surface area contributed by atoms with Gasteiger partial charge in [0.25, 0.3) is 10.0 Å². The number of aromatic nitrogens is 4. The summed E-state index contributed by atoms with van der Waals surface area (Å²) in [6.07, 6.45) is -1.26.